The molecule has 302 valence electrons. The van der Waals surface area contributed by atoms with E-state index in [0.717, 1.165) is 17.9 Å². The van der Waals surface area contributed by atoms with Crippen LogP contribution in [0.5, 0.6) is 0 Å². The van der Waals surface area contributed by atoms with Gasteiger partial charge in [0.2, 0.25) is 21.8 Å². The third-order valence-electron chi connectivity index (χ3n) is 10.6. The van der Waals surface area contributed by atoms with Gasteiger partial charge in [-0.25, -0.2) is 32.2 Å². The van der Waals surface area contributed by atoms with Crippen molar-refractivity contribution in [2.24, 2.45) is 0 Å². The van der Waals surface area contributed by atoms with Gasteiger partial charge in [0, 0.05) is 62.3 Å². The van der Waals surface area contributed by atoms with Crippen LogP contribution in [0.4, 0.5) is 20.3 Å². The molecular formula is C40H41F2N9O6S. The first-order valence-corrected chi connectivity index (χ1v) is 20.4. The van der Waals surface area contributed by atoms with E-state index in [2.05, 4.69) is 26.6 Å². The van der Waals surface area contributed by atoms with Gasteiger partial charge in [0.25, 0.3) is 11.8 Å². The molecule has 0 aliphatic carbocycles. The number of carbonyl (C=O) groups excluding carboxylic acids is 4. The minimum Gasteiger partial charge on any atom is -0.371 e. The van der Waals surface area contributed by atoms with Crippen LogP contribution in [0.2, 0.25) is 0 Å². The molecule has 15 nitrogen and oxygen atoms in total. The molecule has 2 fully saturated rings. The number of rotatable bonds is 12. The van der Waals surface area contributed by atoms with Crippen molar-refractivity contribution in [1.82, 2.24) is 34.5 Å². The number of pyridine rings is 1. The largest absolute Gasteiger partial charge is 0.371 e. The number of fused-ring (bicyclic) bond motifs is 2. The van der Waals surface area contributed by atoms with Gasteiger partial charge in [-0.2, -0.15) is 0 Å². The number of benzene rings is 1. The van der Waals surface area contributed by atoms with Crippen LogP contribution in [-0.2, 0) is 19.6 Å². The third-order valence-corrected chi connectivity index (χ3v) is 12.1. The third kappa shape index (κ3) is 7.34. The second kappa shape index (κ2) is 15.9. The van der Waals surface area contributed by atoms with E-state index in [-0.39, 0.29) is 42.2 Å². The summed E-state index contributed by atoms with van der Waals surface area (Å²) < 4.78 is 60.3. The van der Waals surface area contributed by atoms with Crippen LogP contribution >= 0.6 is 0 Å². The number of hydrogen-bond donors (Lipinski definition) is 2. The number of aromatic nitrogens is 4. The first kappa shape index (κ1) is 39.9. The van der Waals surface area contributed by atoms with E-state index in [0.29, 0.717) is 59.6 Å². The Kier molecular flexibility index (Phi) is 11.0. The minimum absolute atomic E-state index is 0.0175. The molecule has 2 N–H and O–H groups in total. The number of nitrogens with zero attached hydrogens (tertiary/aromatic N) is 7. The number of sulfonamides is 1. The van der Waals surface area contributed by atoms with Crippen molar-refractivity contribution in [2.75, 3.05) is 35.7 Å². The molecule has 7 rings (SSSR count). The Morgan fingerprint density at radius 1 is 1.03 bits per heavy atom. The Labute approximate surface area is 333 Å². The van der Waals surface area contributed by atoms with Crippen molar-refractivity contribution in [1.29, 1.82) is 0 Å². The molecule has 1 unspecified atom stereocenters. The molecular weight excluding hydrogens is 773 g/mol. The average molecular weight is 814 g/mol. The van der Waals surface area contributed by atoms with Crippen LogP contribution in [0, 0.1) is 0 Å². The average Bonchev–Trinajstić information content (AvgIpc) is 3.70. The molecule has 18 heteroatoms. The fourth-order valence-corrected chi connectivity index (χ4v) is 8.93. The van der Waals surface area contributed by atoms with Gasteiger partial charge in [-0.3, -0.25) is 34.1 Å². The number of halogens is 2. The van der Waals surface area contributed by atoms with Crippen molar-refractivity contribution >= 4 is 61.9 Å². The zero-order valence-corrected chi connectivity index (χ0v) is 32.9. The number of carbonyl (C=O) groups is 4. The lowest BCUT2D eigenvalue weighted by molar-refractivity contribution is -0.136. The molecule has 0 radical (unpaired) electrons. The smallest absolute Gasteiger partial charge is 0.264 e. The van der Waals surface area contributed by atoms with E-state index in [4.69, 9.17) is 4.98 Å². The van der Waals surface area contributed by atoms with Crippen molar-refractivity contribution in [2.45, 2.75) is 58.0 Å². The molecule has 2 saturated heterocycles. The molecule has 3 aliphatic rings. The molecule has 4 amide bonds. The highest BCUT2D eigenvalue weighted by Crippen LogP contribution is 2.38. The van der Waals surface area contributed by atoms with E-state index in [1.165, 1.54) is 17.1 Å². The van der Waals surface area contributed by atoms with Crippen LogP contribution in [0.1, 0.15) is 66.7 Å². The highest BCUT2D eigenvalue weighted by molar-refractivity contribution is 7.89. The maximum Gasteiger partial charge on any atom is 0.264 e. The molecule has 0 bridgehead atoms. The highest BCUT2D eigenvalue weighted by Gasteiger charge is 2.46. The Morgan fingerprint density at radius 2 is 1.76 bits per heavy atom. The second-order valence-corrected chi connectivity index (χ2v) is 16.1. The lowest BCUT2D eigenvalue weighted by Crippen LogP contribution is -2.54. The Morgan fingerprint density at radius 3 is 2.41 bits per heavy atom. The van der Waals surface area contributed by atoms with Gasteiger partial charge in [-0.15, -0.1) is 0 Å². The molecule has 0 saturated carbocycles. The van der Waals surface area contributed by atoms with Crippen molar-refractivity contribution in [3.05, 3.63) is 96.4 Å². The zero-order chi connectivity index (χ0) is 41.5. The summed E-state index contributed by atoms with van der Waals surface area (Å²) in [5.74, 6) is -4.04. The Bertz CT molecular complexity index is 2530. The minimum atomic E-state index is -3.94. The summed E-state index contributed by atoms with van der Waals surface area (Å²) in [6, 6.07) is 7.41. The summed E-state index contributed by atoms with van der Waals surface area (Å²) in [5.41, 5.74) is 1.71. The molecule has 1 aromatic carbocycles. The van der Waals surface area contributed by atoms with Gasteiger partial charge < -0.3 is 14.4 Å². The van der Waals surface area contributed by atoms with Gasteiger partial charge in [0.1, 0.15) is 29.7 Å². The van der Waals surface area contributed by atoms with Gasteiger partial charge >= 0.3 is 0 Å². The summed E-state index contributed by atoms with van der Waals surface area (Å²) in [7, 11) is -2.04. The Hall–Kier alpha value is -6.30. The molecule has 1 atom stereocenters. The molecule has 6 heterocycles. The maximum absolute atomic E-state index is 16.3. The number of nitrogens with one attached hydrogen (secondary N) is 2. The summed E-state index contributed by atoms with van der Waals surface area (Å²) >= 11 is 0. The number of imide groups is 2. The van der Waals surface area contributed by atoms with Gasteiger partial charge in [0.15, 0.2) is 5.83 Å². The molecule has 4 aromatic rings. The lowest BCUT2D eigenvalue weighted by atomic mass is 10.00. The van der Waals surface area contributed by atoms with Crippen molar-refractivity contribution in [3.8, 4) is 11.1 Å². The molecule has 0 spiro atoms. The summed E-state index contributed by atoms with van der Waals surface area (Å²) in [4.78, 5) is 69.8. The predicted octanol–water partition coefficient (Wildman–Crippen LogP) is 4.85. The normalized spacial score (nSPS) is 18.5. The zero-order valence-electron chi connectivity index (χ0n) is 32.0. The van der Waals surface area contributed by atoms with Crippen molar-refractivity contribution < 1.29 is 36.4 Å². The van der Waals surface area contributed by atoms with Gasteiger partial charge in [-0.05, 0) is 62.9 Å². The van der Waals surface area contributed by atoms with Crippen molar-refractivity contribution in [3.63, 3.8) is 0 Å². The molecule has 3 aromatic heterocycles. The predicted molar refractivity (Wildman–Crippen MR) is 213 cm³/mol. The second-order valence-electron chi connectivity index (χ2n) is 14.3. The van der Waals surface area contributed by atoms with E-state index in [1.807, 2.05) is 16.8 Å². The summed E-state index contributed by atoms with van der Waals surface area (Å²) in [6.45, 7) is 7.34. The first-order chi connectivity index (χ1) is 27.7. The van der Waals surface area contributed by atoms with Crippen LogP contribution in [-0.4, -0.2) is 94.4 Å². The quantitative estimate of drug-likeness (QED) is 0.148. The Balaban J connectivity index is 1.16. The van der Waals surface area contributed by atoms with Crippen LogP contribution < -0.4 is 19.8 Å². The van der Waals surface area contributed by atoms with Crippen LogP contribution in [0.25, 0.3) is 27.9 Å². The fraction of sp³-hybridized carbons (Fsp3) is 0.325. The number of hydrogen-bond acceptors (Lipinski definition) is 11. The van der Waals surface area contributed by atoms with Gasteiger partial charge in [0.05, 0.1) is 39.3 Å². The number of amides is 4. The maximum atomic E-state index is 16.3. The summed E-state index contributed by atoms with van der Waals surface area (Å²) in [5, 5.41) is 2.22. The van der Waals surface area contributed by atoms with Gasteiger partial charge in [-0.1, -0.05) is 19.6 Å². The fourth-order valence-electron chi connectivity index (χ4n) is 7.78. The molecule has 58 heavy (non-hydrogen) atoms. The monoisotopic (exact) mass is 813 g/mol. The van der Waals surface area contributed by atoms with Crippen LogP contribution in [0.15, 0.2) is 85.3 Å². The topological polar surface area (TPSA) is 180 Å². The van der Waals surface area contributed by atoms with E-state index in [9.17, 15) is 27.6 Å². The highest BCUT2D eigenvalue weighted by atomic mass is 32.2. The SMILES string of the molecule is C=C/C(NS(=O)(=O)CCC)=C(F)\C(=C(/C)F)n1cc(-c2cncnc2)c2nc(N(C)C3CCN(c4cccc5c4C(=O)N(C4CCC(=O)NC4=O)C5=O)CC3)ccc21. The number of anilines is 2. The van der Waals surface area contributed by atoms with Crippen LogP contribution in [0.3, 0.4) is 0 Å². The van der Waals surface area contributed by atoms with E-state index >= 15 is 8.78 Å². The van der Waals surface area contributed by atoms with E-state index < -0.39 is 62.7 Å². The first-order valence-electron chi connectivity index (χ1n) is 18.7. The number of piperidine rings is 2. The van der Waals surface area contributed by atoms with E-state index in [1.54, 1.807) is 49.6 Å². The molecule has 3 aliphatic heterocycles. The summed E-state index contributed by atoms with van der Waals surface area (Å²) in [6.07, 6.45) is 8.60. The number of allylic oxidation sites excluding steroid dienone is 4. The lowest BCUT2D eigenvalue weighted by Gasteiger charge is -2.38. The standard InChI is InChI=1S/C40H41F2N9O6S/c1-5-18-58(56,57)47-28(6-2)35(42)37(23(3)41)50-21-27(24-19-43-22-44-20-24)36-30(50)10-12-32(45-36)48(4)25-14-16-49(17-15-25)29-9-7-8-26-34(29)40(55)51(39(26)54)31-11-13-33(52)46-38(31)53/h6-10,12,19-22,25,31,47H,2,5,11,13-18H2,1,3-4H3,(H,46,52,53)/b35-28-,37-23-.